The van der Waals surface area contributed by atoms with Crippen molar-refractivity contribution in [1.29, 1.82) is 0 Å². The topological polar surface area (TPSA) is 78.4 Å². The minimum atomic E-state index is -1.08. The first-order valence-electron chi connectivity index (χ1n) is 6.08. The van der Waals surface area contributed by atoms with Crippen molar-refractivity contribution in [2.45, 2.75) is 32.2 Å². The maximum Gasteiger partial charge on any atom is 0.326 e. The fourth-order valence-corrected chi connectivity index (χ4v) is 1.56. The molecular weight excluding hydrogens is 251 g/mol. The number of urea groups is 1. The number of rotatable bonds is 6. The van der Waals surface area contributed by atoms with Crippen LogP contribution in [0.3, 0.4) is 0 Å². The van der Waals surface area contributed by atoms with E-state index in [0.717, 1.165) is 12.5 Å². The van der Waals surface area contributed by atoms with Gasteiger partial charge in [0.05, 0.1) is 0 Å². The number of hydrogen-bond acceptors (Lipinski definition) is 2. The van der Waals surface area contributed by atoms with E-state index in [9.17, 15) is 14.0 Å². The van der Waals surface area contributed by atoms with E-state index in [-0.39, 0.29) is 5.69 Å². The number of carbonyl (C=O) groups excluding carboxylic acids is 1. The van der Waals surface area contributed by atoms with Gasteiger partial charge < -0.3 is 15.7 Å². The molecule has 0 aliphatic heterocycles. The molecule has 3 N–H and O–H groups in total. The van der Waals surface area contributed by atoms with E-state index in [1.54, 1.807) is 0 Å². The molecule has 0 spiro atoms. The molecule has 0 aromatic heterocycles. The zero-order valence-corrected chi connectivity index (χ0v) is 10.6. The molecule has 5 nitrogen and oxygen atoms in total. The van der Waals surface area contributed by atoms with E-state index in [4.69, 9.17) is 5.11 Å². The highest BCUT2D eigenvalue weighted by atomic mass is 19.1. The second kappa shape index (κ2) is 7.35. The van der Waals surface area contributed by atoms with Crippen LogP contribution in [0, 0.1) is 5.82 Å². The van der Waals surface area contributed by atoms with Crippen LogP contribution in [0.4, 0.5) is 14.9 Å². The number of carboxylic acid groups (broad SMARTS) is 1. The normalized spacial score (nSPS) is 11.7. The van der Waals surface area contributed by atoms with Crippen LogP contribution in [0.25, 0.3) is 0 Å². The number of amides is 2. The molecule has 2 amide bonds. The maximum absolute atomic E-state index is 12.9. The first kappa shape index (κ1) is 14.9. The molecule has 1 rings (SSSR count). The number of aliphatic carboxylic acids is 1. The van der Waals surface area contributed by atoms with Gasteiger partial charge in [0.15, 0.2) is 0 Å². The van der Waals surface area contributed by atoms with Crippen molar-refractivity contribution in [2.75, 3.05) is 5.32 Å². The summed E-state index contributed by atoms with van der Waals surface area (Å²) >= 11 is 0. The van der Waals surface area contributed by atoms with Gasteiger partial charge >= 0.3 is 12.0 Å². The van der Waals surface area contributed by atoms with Gasteiger partial charge in [0.25, 0.3) is 0 Å². The molecule has 19 heavy (non-hydrogen) atoms. The van der Waals surface area contributed by atoms with Crippen molar-refractivity contribution in [1.82, 2.24) is 5.32 Å². The summed E-state index contributed by atoms with van der Waals surface area (Å²) in [5.74, 6) is -1.55. The Hall–Kier alpha value is -2.11. The highest BCUT2D eigenvalue weighted by Crippen LogP contribution is 2.09. The SMILES string of the molecule is CCCC[C@H](NC(=O)Nc1cccc(F)c1)C(=O)O. The number of nitrogens with one attached hydrogen (secondary N) is 2. The molecule has 0 heterocycles. The summed E-state index contributed by atoms with van der Waals surface area (Å²) in [6.45, 7) is 1.94. The third kappa shape index (κ3) is 5.37. The first-order chi connectivity index (χ1) is 9.02. The van der Waals surface area contributed by atoms with Crippen molar-refractivity contribution in [3.63, 3.8) is 0 Å². The third-order valence-electron chi connectivity index (χ3n) is 2.53. The van der Waals surface area contributed by atoms with Gasteiger partial charge in [-0.15, -0.1) is 0 Å². The van der Waals surface area contributed by atoms with Gasteiger partial charge in [-0.2, -0.15) is 0 Å². The predicted molar refractivity (Wildman–Crippen MR) is 69.5 cm³/mol. The second-order valence-electron chi connectivity index (χ2n) is 4.14. The minimum Gasteiger partial charge on any atom is -0.480 e. The fourth-order valence-electron chi connectivity index (χ4n) is 1.56. The number of anilines is 1. The number of benzene rings is 1. The molecule has 0 aliphatic carbocycles. The summed E-state index contributed by atoms with van der Waals surface area (Å²) in [6.07, 6.45) is 1.91. The molecule has 1 aromatic rings. The molecule has 0 fully saturated rings. The molecule has 0 saturated heterocycles. The van der Waals surface area contributed by atoms with Crippen molar-refractivity contribution >= 4 is 17.7 Å². The number of halogens is 1. The molecule has 1 aromatic carbocycles. The van der Waals surface area contributed by atoms with Gasteiger partial charge in [0.1, 0.15) is 11.9 Å². The lowest BCUT2D eigenvalue weighted by Crippen LogP contribution is -2.42. The van der Waals surface area contributed by atoms with Crippen LogP contribution in [0.1, 0.15) is 26.2 Å². The summed E-state index contributed by atoms with van der Waals surface area (Å²) in [5, 5.41) is 13.7. The van der Waals surface area contributed by atoms with Gasteiger partial charge in [-0.1, -0.05) is 25.8 Å². The summed E-state index contributed by atoms with van der Waals surface area (Å²) in [4.78, 5) is 22.5. The largest absolute Gasteiger partial charge is 0.480 e. The molecule has 104 valence electrons. The lowest BCUT2D eigenvalue weighted by atomic mass is 10.1. The van der Waals surface area contributed by atoms with Crippen molar-refractivity contribution in [3.05, 3.63) is 30.1 Å². The lowest BCUT2D eigenvalue weighted by Gasteiger charge is -2.14. The van der Waals surface area contributed by atoms with E-state index in [0.29, 0.717) is 12.8 Å². The number of carboxylic acids is 1. The Kier molecular flexibility index (Phi) is 5.78. The molecule has 1 atom stereocenters. The van der Waals surface area contributed by atoms with Crippen LogP contribution in [-0.2, 0) is 4.79 Å². The third-order valence-corrected chi connectivity index (χ3v) is 2.53. The summed E-state index contributed by atoms with van der Waals surface area (Å²) in [7, 11) is 0. The number of carbonyl (C=O) groups is 2. The van der Waals surface area contributed by atoms with E-state index >= 15 is 0 Å². The van der Waals surface area contributed by atoms with Gasteiger partial charge in [-0.05, 0) is 24.6 Å². The van der Waals surface area contributed by atoms with Gasteiger partial charge in [0.2, 0.25) is 0 Å². The fraction of sp³-hybridized carbons (Fsp3) is 0.385. The molecule has 6 heteroatoms. The van der Waals surface area contributed by atoms with Gasteiger partial charge in [-0.3, -0.25) is 0 Å². The summed E-state index contributed by atoms with van der Waals surface area (Å²) in [5.41, 5.74) is 0.275. The van der Waals surface area contributed by atoms with Crippen LogP contribution in [0.2, 0.25) is 0 Å². The monoisotopic (exact) mass is 268 g/mol. The Balaban J connectivity index is 2.55. The van der Waals surface area contributed by atoms with E-state index in [2.05, 4.69) is 10.6 Å². The second-order valence-corrected chi connectivity index (χ2v) is 4.14. The van der Waals surface area contributed by atoms with Crippen LogP contribution in [0.15, 0.2) is 24.3 Å². The highest BCUT2D eigenvalue weighted by molar-refractivity contribution is 5.92. The van der Waals surface area contributed by atoms with Crippen molar-refractivity contribution in [3.8, 4) is 0 Å². The van der Waals surface area contributed by atoms with Gasteiger partial charge in [0, 0.05) is 5.69 Å². The van der Waals surface area contributed by atoms with Crippen LogP contribution < -0.4 is 10.6 Å². The van der Waals surface area contributed by atoms with Crippen LogP contribution >= 0.6 is 0 Å². The highest BCUT2D eigenvalue weighted by Gasteiger charge is 2.19. The average molecular weight is 268 g/mol. The lowest BCUT2D eigenvalue weighted by molar-refractivity contribution is -0.139. The average Bonchev–Trinajstić information content (AvgIpc) is 2.34. The quantitative estimate of drug-likeness (QED) is 0.742. The molecule has 0 bridgehead atoms. The molecule has 0 unspecified atom stereocenters. The Morgan fingerprint density at radius 3 is 2.74 bits per heavy atom. The van der Waals surface area contributed by atoms with E-state index in [1.165, 1.54) is 18.2 Å². The van der Waals surface area contributed by atoms with Gasteiger partial charge in [-0.25, -0.2) is 14.0 Å². The Labute approximate surface area is 110 Å². The smallest absolute Gasteiger partial charge is 0.326 e. The number of unbranched alkanes of at least 4 members (excludes halogenated alkanes) is 1. The predicted octanol–water partition coefficient (Wildman–Crippen LogP) is 2.59. The van der Waals surface area contributed by atoms with E-state index in [1.807, 2.05) is 6.92 Å². The van der Waals surface area contributed by atoms with Crippen LogP contribution in [-0.4, -0.2) is 23.1 Å². The standard InChI is InChI=1S/C13H17FN2O3/c1-2-3-7-11(12(17)18)16-13(19)15-10-6-4-5-9(14)8-10/h4-6,8,11H,2-3,7H2,1H3,(H,17,18)(H2,15,16,19)/t11-/m0/s1. The Morgan fingerprint density at radius 1 is 1.42 bits per heavy atom. The summed E-state index contributed by atoms with van der Waals surface area (Å²) in [6, 6.07) is 3.79. The van der Waals surface area contributed by atoms with Crippen molar-refractivity contribution < 1.29 is 19.1 Å². The molecular formula is C13H17FN2O3. The zero-order chi connectivity index (χ0) is 14.3. The Morgan fingerprint density at radius 2 is 2.16 bits per heavy atom. The summed E-state index contributed by atoms with van der Waals surface area (Å²) < 4.78 is 12.9. The molecule has 0 aliphatic rings. The van der Waals surface area contributed by atoms with E-state index < -0.39 is 23.9 Å². The zero-order valence-electron chi connectivity index (χ0n) is 10.6. The number of hydrogen-bond donors (Lipinski definition) is 3. The minimum absolute atomic E-state index is 0.275. The Bertz CT molecular complexity index is 451. The van der Waals surface area contributed by atoms with Crippen molar-refractivity contribution in [2.24, 2.45) is 0 Å². The maximum atomic E-state index is 12.9. The van der Waals surface area contributed by atoms with Crippen LogP contribution in [0.5, 0.6) is 0 Å². The molecule has 0 radical (unpaired) electrons. The first-order valence-corrected chi connectivity index (χ1v) is 6.08. The molecule has 0 saturated carbocycles.